The molecule has 0 saturated heterocycles. The summed E-state index contributed by atoms with van der Waals surface area (Å²) in [4.78, 5) is 0. The van der Waals surface area contributed by atoms with Crippen LogP contribution in [-0.4, -0.2) is 0 Å². The Morgan fingerprint density at radius 2 is 2.00 bits per heavy atom. The molecule has 0 fully saturated rings. The molecule has 0 radical (unpaired) electrons. The zero-order valence-corrected chi connectivity index (χ0v) is 6.33. The minimum absolute atomic E-state index is 0.199. The Balaban J connectivity index is 3.07. The van der Waals surface area contributed by atoms with Gasteiger partial charge in [0.1, 0.15) is 0 Å². The first-order chi connectivity index (χ1) is 4.06. The van der Waals surface area contributed by atoms with Gasteiger partial charge < -0.3 is 0 Å². The zero-order valence-electron chi connectivity index (χ0n) is 7.33. The maximum atomic E-state index is 7.51. The number of rotatable bonds is 4. The van der Waals surface area contributed by atoms with Gasteiger partial charge in [-0.2, -0.15) is 0 Å². The summed E-state index contributed by atoms with van der Waals surface area (Å²) in [6.07, 6.45) is 4.80. The van der Waals surface area contributed by atoms with Crippen molar-refractivity contribution in [2.24, 2.45) is 5.89 Å². The van der Waals surface area contributed by atoms with E-state index in [4.69, 9.17) is 1.37 Å². The third kappa shape index (κ3) is 6.00. The van der Waals surface area contributed by atoms with E-state index in [1.54, 1.807) is 0 Å². The normalized spacial score (nSPS) is 13.6. The number of unbranched alkanes of at least 4 members (excludes halogenated alkanes) is 2. The highest BCUT2D eigenvalue weighted by Gasteiger charge is 1.90. The second-order valence-electron chi connectivity index (χ2n) is 2.66. The molecule has 0 aromatic rings. The van der Waals surface area contributed by atoms with Crippen LogP contribution in [-0.2, 0) is 0 Å². The summed E-state index contributed by atoms with van der Waals surface area (Å²) in [6.45, 7) is 6.14. The first kappa shape index (κ1) is 6.12. The van der Waals surface area contributed by atoms with Crippen LogP contribution >= 0.6 is 0 Å². The van der Waals surface area contributed by atoms with Gasteiger partial charge in [-0.3, -0.25) is 0 Å². The van der Waals surface area contributed by atoms with Crippen LogP contribution < -0.4 is 0 Å². The van der Waals surface area contributed by atoms with E-state index in [1.165, 1.54) is 19.3 Å². The van der Waals surface area contributed by atoms with Crippen LogP contribution in [0.3, 0.4) is 0 Å². The zero-order chi connectivity index (χ0) is 7.33. The van der Waals surface area contributed by atoms with Crippen LogP contribution in [0.15, 0.2) is 0 Å². The van der Waals surface area contributed by atoms with Crippen molar-refractivity contribution >= 4 is 0 Å². The van der Waals surface area contributed by atoms with Gasteiger partial charge in [0, 0.05) is 1.37 Å². The van der Waals surface area contributed by atoms with E-state index in [9.17, 15) is 0 Å². The molecule has 0 spiro atoms. The average Bonchev–Trinajstić information content (AvgIpc) is 1.63. The summed E-state index contributed by atoms with van der Waals surface area (Å²) in [5.41, 5.74) is 0. The molecule has 0 aliphatic carbocycles. The van der Waals surface area contributed by atoms with Crippen molar-refractivity contribution in [1.82, 2.24) is 0 Å². The Morgan fingerprint density at radius 3 is 2.38 bits per heavy atom. The molecule has 0 nitrogen and oxygen atoms in total. The van der Waals surface area contributed by atoms with Crippen molar-refractivity contribution in [3.63, 3.8) is 0 Å². The highest BCUT2D eigenvalue weighted by Crippen LogP contribution is 2.06. The predicted octanol–water partition coefficient (Wildman–Crippen LogP) is 3.22. The minimum atomic E-state index is -0.199. The van der Waals surface area contributed by atoms with Crippen LogP contribution in [0, 0.1) is 5.89 Å². The topological polar surface area (TPSA) is 0 Å². The van der Waals surface area contributed by atoms with Crippen LogP contribution in [0.25, 0.3) is 0 Å². The molecule has 0 saturated carbocycles. The summed E-state index contributed by atoms with van der Waals surface area (Å²) < 4.78 is 7.51. The van der Waals surface area contributed by atoms with Gasteiger partial charge in [0.15, 0.2) is 0 Å². The number of hydrogen-bond donors (Lipinski definition) is 0. The van der Waals surface area contributed by atoms with Gasteiger partial charge in [0.2, 0.25) is 0 Å². The standard InChI is InChI=1S/C8H18/c1-4-5-6-7-8(2)3/h8H,4-7H2,1-3H3/i8D. The van der Waals surface area contributed by atoms with Crippen LogP contribution in [0.5, 0.6) is 0 Å². The third-order valence-electron chi connectivity index (χ3n) is 1.28. The van der Waals surface area contributed by atoms with Gasteiger partial charge in [0.05, 0.1) is 0 Å². The number of hydrogen-bond acceptors (Lipinski definition) is 0. The lowest BCUT2D eigenvalue weighted by atomic mass is 10.1. The molecule has 0 aliphatic heterocycles. The first-order valence-corrected chi connectivity index (χ1v) is 3.56. The third-order valence-corrected chi connectivity index (χ3v) is 1.28. The smallest absolute Gasteiger partial charge is 0.0297 e. The van der Waals surface area contributed by atoms with E-state index in [0.29, 0.717) is 0 Å². The Hall–Kier alpha value is 0. The summed E-state index contributed by atoms with van der Waals surface area (Å²) in [5.74, 6) is -0.199. The Labute approximate surface area is 54.7 Å². The highest BCUT2D eigenvalue weighted by molar-refractivity contribution is 4.44. The molecule has 0 unspecified atom stereocenters. The second-order valence-corrected chi connectivity index (χ2v) is 2.66. The van der Waals surface area contributed by atoms with Crippen molar-refractivity contribution < 1.29 is 1.37 Å². The largest absolute Gasteiger partial charge is 0.0654 e. The predicted molar refractivity (Wildman–Crippen MR) is 39.0 cm³/mol. The molecular weight excluding hydrogens is 96.1 g/mol. The first-order valence-electron chi connectivity index (χ1n) is 4.06. The van der Waals surface area contributed by atoms with E-state index >= 15 is 0 Å². The fourth-order valence-electron chi connectivity index (χ4n) is 0.729. The SMILES string of the molecule is [2H]C(C)(C)CCCCC. The van der Waals surface area contributed by atoms with E-state index in [0.717, 1.165) is 6.42 Å². The van der Waals surface area contributed by atoms with Gasteiger partial charge in [-0.25, -0.2) is 0 Å². The van der Waals surface area contributed by atoms with Gasteiger partial charge >= 0.3 is 0 Å². The molecule has 0 heteroatoms. The summed E-state index contributed by atoms with van der Waals surface area (Å²) in [7, 11) is 0. The van der Waals surface area contributed by atoms with E-state index < -0.39 is 0 Å². The van der Waals surface area contributed by atoms with E-state index in [1.807, 2.05) is 13.8 Å². The molecule has 0 bridgehead atoms. The quantitative estimate of drug-likeness (QED) is 0.493. The van der Waals surface area contributed by atoms with Crippen LogP contribution in [0.4, 0.5) is 0 Å². The maximum Gasteiger partial charge on any atom is 0.0297 e. The van der Waals surface area contributed by atoms with Gasteiger partial charge in [-0.15, -0.1) is 0 Å². The van der Waals surface area contributed by atoms with Crippen molar-refractivity contribution in [2.45, 2.75) is 46.5 Å². The minimum Gasteiger partial charge on any atom is -0.0654 e. The van der Waals surface area contributed by atoms with Gasteiger partial charge in [-0.1, -0.05) is 46.5 Å². The van der Waals surface area contributed by atoms with E-state index in [2.05, 4.69) is 6.92 Å². The summed E-state index contributed by atoms with van der Waals surface area (Å²) in [6, 6.07) is 0. The van der Waals surface area contributed by atoms with E-state index in [-0.39, 0.29) is 5.89 Å². The molecule has 0 atom stereocenters. The molecule has 0 N–H and O–H groups in total. The lowest BCUT2D eigenvalue weighted by molar-refractivity contribution is 0.534. The molecule has 8 heavy (non-hydrogen) atoms. The fourth-order valence-corrected chi connectivity index (χ4v) is 0.729. The lowest BCUT2D eigenvalue weighted by Crippen LogP contribution is -1.85. The molecule has 0 aliphatic rings. The summed E-state index contributed by atoms with van der Waals surface area (Å²) >= 11 is 0. The fraction of sp³-hybridized carbons (Fsp3) is 1.00. The van der Waals surface area contributed by atoms with Crippen molar-refractivity contribution in [3.8, 4) is 0 Å². The van der Waals surface area contributed by atoms with Gasteiger partial charge in [0.25, 0.3) is 0 Å². The Bertz CT molecular complexity index is 61.5. The molecule has 0 heterocycles. The maximum absolute atomic E-state index is 7.51. The lowest BCUT2D eigenvalue weighted by Gasteiger charge is -2.00. The molecule has 50 valence electrons. The summed E-state index contributed by atoms with van der Waals surface area (Å²) in [5, 5.41) is 0. The molecule has 0 aromatic heterocycles. The van der Waals surface area contributed by atoms with Crippen LogP contribution in [0.2, 0.25) is 0 Å². The van der Waals surface area contributed by atoms with Gasteiger partial charge in [-0.05, 0) is 5.89 Å². The van der Waals surface area contributed by atoms with Crippen molar-refractivity contribution in [3.05, 3.63) is 0 Å². The molecular formula is C8H18. The monoisotopic (exact) mass is 115 g/mol. The average molecular weight is 115 g/mol. The Kier molecular flexibility index (Phi) is 3.94. The van der Waals surface area contributed by atoms with Crippen molar-refractivity contribution in [2.75, 3.05) is 0 Å². The van der Waals surface area contributed by atoms with Crippen molar-refractivity contribution in [1.29, 1.82) is 0 Å². The van der Waals surface area contributed by atoms with Crippen LogP contribution in [0.1, 0.15) is 47.8 Å². The molecule has 0 amide bonds. The Morgan fingerprint density at radius 1 is 1.38 bits per heavy atom. The highest BCUT2D eigenvalue weighted by atomic mass is 14.0. The molecule has 0 rings (SSSR count). The second kappa shape index (κ2) is 5.14. The molecule has 0 aromatic carbocycles.